The normalized spacial score (nSPS) is 11.5. The molecule has 4 rings (SSSR count). The molecule has 0 fully saturated rings. The Kier molecular flexibility index (Phi) is 5.22. The summed E-state index contributed by atoms with van der Waals surface area (Å²) in [6.07, 6.45) is 3.37. The highest BCUT2D eigenvalue weighted by molar-refractivity contribution is 5.96. The standard InChI is InChI=1S/C24H24N4O4/c1-14(29)26-18-10-9-15(22(30)32-24(2,3)4)11-20(18)28-12-19(27-23(28)25)17-13-31-21-8-6-5-7-16(17)21/h5-13H,1-4H3,(H2,25,27)(H,26,29). The van der Waals surface area contributed by atoms with Gasteiger partial charge in [0, 0.05) is 24.1 Å². The molecule has 2 aromatic heterocycles. The number of nitrogen functional groups attached to an aromatic ring is 1. The summed E-state index contributed by atoms with van der Waals surface area (Å²) in [6, 6.07) is 12.5. The molecular weight excluding hydrogens is 408 g/mol. The van der Waals surface area contributed by atoms with E-state index >= 15 is 0 Å². The Hall–Kier alpha value is -4.07. The fraction of sp³-hybridized carbons (Fsp3) is 0.208. The number of hydrogen-bond acceptors (Lipinski definition) is 6. The lowest BCUT2D eigenvalue weighted by molar-refractivity contribution is -0.114. The van der Waals surface area contributed by atoms with Crippen molar-refractivity contribution >= 4 is 34.5 Å². The van der Waals surface area contributed by atoms with Gasteiger partial charge in [-0.05, 0) is 45.0 Å². The average molecular weight is 432 g/mol. The Morgan fingerprint density at radius 1 is 1.16 bits per heavy atom. The summed E-state index contributed by atoms with van der Waals surface area (Å²) < 4.78 is 12.7. The van der Waals surface area contributed by atoms with Crippen LogP contribution in [0.15, 0.2) is 59.3 Å². The molecular formula is C24H24N4O4. The number of carbonyl (C=O) groups is 2. The van der Waals surface area contributed by atoms with Crippen LogP contribution in [0.5, 0.6) is 0 Å². The Labute approximate surface area is 185 Å². The topological polar surface area (TPSA) is 112 Å². The molecule has 3 N–H and O–H groups in total. The smallest absolute Gasteiger partial charge is 0.338 e. The number of furan rings is 1. The van der Waals surface area contributed by atoms with Crippen molar-refractivity contribution in [1.29, 1.82) is 0 Å². The van der Waals surface area contributed by atoms with Crippen LogP contribution in [0.1, 0.15) is 38.1 Å². The van der Waals surface area contributed by atoms with Crippen molar-refractivity contribution in [3.63, 3.8) is 0 Å². The molecule has 1 amide bonds. The molecule has 0 aliphatic heterocycles. The minimum atomic E-state index is -0.642. The number of nitrogens with two attached hydrogens (primary N) is 1. The van der Waals surface area contributed by atoms with E-state index in [0.29, 0.717) is 22.6 Å². The molecule has 0 aliphatic rings. The Morgan fingerprint density at radius 3 is 2.62 bits per heavy atom. The molecule has 164 valence electrons. The van der Waals surface area contributed by atoms with Crippen molar-refractivity contribution in [2.45, 2.75) is 33.3 Å². The van der Waals surface area contributed by atoms with Crippen LogP contribution in [-0.2, 0) is 9.53 Å². The van der Waals surface area contributed by atoms with E-state index in [1.165, 1.54) is 6.92 Å². The molecule has 2 heterocycles. The number of amides is 1. The fourth-order valence-corrected chi connectivity index (χ4v) is 3.38. The van der Waals surface area contributed by atoms with Crippen molar-refractivity contribution in [1.82, 2.24) is 9.55 Å². The quantitative estimate of drug-likeness (QED) is 0.449. The number of ether oxygens (including phenoxy) is 1. The molecule has 2 aromatic carbocycles. The third-order valence-electron chi connectivity index (χ3n) is 4.69. The number of nitrogens with zero attached hydrogens (tertiary/aromatic N) is 2. The van der Waals surface area contributed by atoms with Gasteiger partial charge in [0.1, 0.15) is 17.4 Å². The lowest BCUT2D eigenvalue weighted by atomic mass is 10.1. The molecule has 0 radical (unpaired) electrons. The van der Waals surface area contributed by atoms with Crippen molar-refractivity contribution in [3.8, 4) is 16.9 Å². The number of imidazole rings is 1. The van der Waals surface area contributed by atoms with Gasteiger partial charge in [-0.2, -0.15) is 0 Å². The number of carbonyl (C=O) groups excluding carboxylic acids is 2. The van der Waals surface area contributed by atoms with Gasteiger partial charge in [0.15, 0.2) is 0 Å². The van der Waals surface area contributed by atoms with E-state index in [9.17, 15) is 9.59 Å². The van der Waals surface area contributed by atoms with Crippen LogP contribution in [0.4, 0.5) is 11.6 Å². The van der Waals surface area contributed by atoms with Gasteiger partial charge in [-0.1, -0.05) is 18.2 Å². The minimum Gasteiger partial charge on any atom is -0.464 e. The van der Waals surface area contributed by atoms with Crippen LogP contribution < -0.4 is 11.1 Å². The zero-order valence-corrected chi connectivity index (χ0v) is 18.3. The lowest BCUT2D eigenvalue weighted by Gasteiger charge is -2.20. The summed E-state index contributed by atoms with van der Waals surface area (Å²) in [5.74, 6) is -0.540. The van der Waals surface area contributed by atoms with Crippen LogP contribution in [0.2, 0.25) is 0 Å². The Balaban J connectivity index is 1.81. The van der Waals surface area contributed by atoms with Crippen LogP contribution in [-0.4, -0.2) is 27.0 Å². The van der Waals surface area contributed by atoms with E-state index in [0.717, 1.165) is 16.5 Å². The molecule has 32 heavy (non-hydrogen) atoms. The molecule has 0 bridgehead atoms. The summed E-state index contributed by atoms with van der Waals surface area (Å²) >= 11 is 0. The van der Waals surface area contributed by atoms with Gasteiger partial charge < -0.3 is 20.2 Å². The van der Waals surface area contributed by atoms with Crippen molar-refractivity contribution < 1.29 is 18.7 Å². The van der Waals surface area contributed by atoms with Crippen LogP contribution >= 0.6 is 0 Å². The Bertz CT molecular complexity index is 1330. The summed E-state index contributed by atoms with van der Waals surface area (Å²) in [7, 11) is 0. The maximum absolute atomic E-state index is 12.6. The SMILES string of the molecule is CC(=O)Nc1ccc(C(=O)OC(C)(C)C)cc1-n1cc(-c2coc3ccccc23)nc1N. The number of nitrogens with one attached hydrogen (secondary N) is 1. The molecule has 4 aromatic rings. The van der Waals surface area contributed by atoms with Gasteiger partial charge >= 0.3 is 5.97 Å². The molecule has 0 saturated heterocycles. The van der Waals surface area contributed by atoms with Crippen molar-refractivity contribution in [3.05, 3.63) is 60.5 Å². The zero-order valence-electron chi connectivity index (χ0n) is 18.3. The third-order valence-corrected chi connectivity index (χ3v) is 4.69. The monoisotopic (exact) mass is 432 g/mol. The van der Waals surface area contributed by atoms with E-state index in [4.69, 9.17) is 14.9 Å². The molecule has 8 heteroatoms. The predicted octanol–water partition coefficient (Wildman–Crippen LogP) is 4.78. The number of esters is 1. The maximum atomic E-state index is 12.6. The first-order valence-corrected chi connectivity index (χ1v) is 10.1. The summed E-state index contributed by atoms with van der Waals surface area (Å²) in [4.78, 5) is 28.9. The van der Waals surface area contributed by atoms with Gasteiger partial charge in [0.25, 0.3) is 0 Å². The van der Waals surface area contributed by atoms with Gasteiger partial charge in [0.05, 0.1) is 22.6 Å². The maximum Gasteiger partial charge on any atom is 0.338 e. The molecule has 8 nitrogen and oxygen atoms in total. The highest BCUT2D eigenvalue weighted by Crippen LogP contribution is 2.33. The van der Waals surface area contributed by atoms with E-state index < -0.39 is 11.6 Å². The summed E-state index contributed by atoms with van der Waals surface area (Å²) in [6.45, 7) is 6.80. The zero-order chi connectivity index (χ0) is 23.0. The van der Waals surface area contributed by atoms with E-state index in [2.05, 4.69) is 10.3 Å². The first kappa shape index (κ1) is 21.2. The number of anilines is 2. The summed E-state index contributed by atoms with van der Waals surface area (Å²) in [5, 5.41) is 3.68. The number of benzene rings is 2. The van der Waals surface area contributed by atoms with E-state index in [-0.39, 0.29) is 11.9 Å². The minimum absolute atomic E-state index is 0.193. The highest BCUT2D eigenvalue weighted by Gasteiger charge is 2.21. The van der Waals surface area contributed by atoms with Gasteiger partial charge in [0.2, 0.25) is 11.9 Å². The third kappa shape index (κ3) is 4.20. The van der Waals surface area contributed by atoms with Crippen molar-refractivity contribution in [2.24, 2.45) is 0 Å². The van der Waals surface area contributed by atoms with Gasteiger partial charge in [-0.3, -0.25) is 9.36 Å². The first-order valence-electron chi connectivity index (χ1n) is 10.1. The van der Waals surface area contributed by atoms with E-state index in [1.54, 1.807) is 56.0 Å². The van der Waals surface area contributed by atoms with Crippen LogP contribution in [0.3, 0.4) is 0 Å². The molecule has 0 unspecified atom stereocenters. The average Bonchev–Trinajstić information content (AvgIpc) is 3.30. The van der Waals surface area contributed by atoms with E-state index in [1.807, 2.05) is 24.3 Å². The molecule has 0 saturated carbocycles. The second-order valence-electron chi connectivity index (χ2n) is 8.41. The predicted molar refractivity (Wildman–Crippen MR) is 123 cm³/mol. The van der Waals surface area contributed by atoms with Gasteiger partial charge in [-0.15, -0.1) is 0 Å². The summed E-state index contributed by atoms with van der Waals surface area (Å²) in [5.41, 5.74) is 9.03. The lowest BCUT2D eigenvalue weighted by Crippen LogP contribution is -2.24. The highest BCUT2D eigenvalue weighted by atomic mass is 16.6. The number of aromatic nitrogens is 2. The van der Waals surface area contributed by atoms with Gasteiger partial charge in [-0.25, -0.2) is 9.78 Å². The molecule has 0 atom stereocenters. The number of hydrogen-bond donors (Lipinski definition) is 2. The largest absolute Gasteiger partial charge is 0.464 e. The second-order valence-corrected chi connectivity index (χ2v) is 8.41. The second kappa shape index (κ2) is 7.88. The fourth-order valence-electron chi connectivity index (χ4n) is 3.38. The van der Waals surface area contributed by atoms with Crippen LogP contribution in [0, 0.1) is 0 Å². The Morgan fingerprint density at radius 2 is 1.91 bits per heavy atom. The number of para-hydroxylation sites is 1. The molecule has 0 spiro atoms. The molecule has 0 aliphatic carbocycles. The first-order chi connectivity index (χ1) is 15.1. The number of fused-ring (bicyclic) bond motifs is 1. The van der Waals surface area contributed by atoms with Crippen LogP contribution in [0.25, 0.3) is 27.9 Å². The number of rotatable bonds is 4. The van der Waals surface area contributed by atoms with Crippen molar-refractivity contribution in [2.75, 3.05) is 11.1 Å².